The van der Waals surface area contributed by atoms with Gasteiger partial charge in [-0.1, -0.05) is 15.9 Å². The zero-order valence-electron chi connectivity index (χ0n) is 7.60. The van der Waals surface area contributed by atoms with Crippen molar-refractivity contribution in [3.8, 4) is 5.75 Å². The minimum Gasteiger partial charge on any atom is -0.507 e. The first-order chi connectivity index (χ1) is 6.07. The first kappa shape index (κ1) is 10.5. The van der Waals surface area contributed by atoms with Gasteiger partial charge >= 0.3 is 0 Å². The second-order valence-corrected chi connectivity index (χ2v) is 3.79. The Balaban J connectivity index is 3.26. The highest BCUT2D eigenvalue weighted by atomic mass is 79.9. The Morgan fingerprint density at radius 2 is 2.15 bits per heavy atom. The van der Waals surface area contributed by atoms with E-state index in [0.717, 1.165) is 21.2 Å². The third-order valence-corrected chi connectivity index (χ3v) is 2.75. The molecule has 0 unspecified atom stereocenters. The molecule has 0 amide bonds. The number of aromatic hydroxyl groups is 1. The molecule has 0 aliphatic carbocycles. The SMILES string of the molecule is Cc1cc(Br)c(CON)c(C)c1O. The molecule has 0 heterocycles. The number of phenols is 1. The average Bonchev–Trinajstić information content (AvgIpc) is 2.09. The van der Waals surface area contributed by atoms with Crippen LogP contribution in [0.15, 0.2) is 10.5 Å². The molecule has 13 heavy (non-hydrogen) atoms. The Kier molecular flexibility index (Phi) is 3.30. The van der Waals surface area contributed by atoms with Crippen LogP contribution in [0, 0.1) is 13.8 Å². The van der Waals surface area contributed by atoms with Crippen LogP contribution in [-0.2, 0) is 11.4 Å². The molecule has 0 atom stereocenters. The van der Waals surface area contributed by atoms with Gasteiger partial charge < -0.3 is 5.11 Å². The Morgan fingerprint density at radius 3 is 2.69 bits per heavy atom. The lowest BCUT2D eigenvalue weighted by atomic mass is 10.0. The molecule has 1 rings (SSSR count). The minimum absolute atomic E-state index is 0.292. The quantitative estimate of drug-likeness (QED) is 0.786. The van der Waals surface area contributed by atoms with Crippen LogP contribution < -0.4 is 5.90 Å². The summed E-state index contributed by atoms with van der Waals surface area (Å²) in [5, 5.41) is 9.62. The zero-order valence-corrected chi connectivity index (χ0v) is 9.18. The van der Waals surface area contributed by atoms with Gasteiger partial charge in [-0.15, -0.1) is 0 Å². The van der Waals surface area contributed by atoms with Crippen molar-refractivity contribution in [1.29, 1.82) is 0 Å². The van der Waals surface area contributed by atoms with Crippen LogP contribution in [0.25, 0.3) is 0 Å². The molecule has 0 bridgehead atoms. The Hall–Kier alpha value is -0.580. The summed E-state index contributed by atoms with van der Waals surface area (Å²) in [6.07, 6.45) is 0. The summed E-state index contributed by atoms with van der Waals surface area (Å²) in [5.74, 6) is 5.29. The van der Waals surface area contributed by atoms with Gasteiger partial charge in [0.2, 0.25) is 0 Å². The predicted molar refractivity (Wildman–Crippen MR) is 54.3 cm³/mol. The third kappa shape index (κ3) is 2.02. The van der Waals surface area contributed by atoms with Crippen molar-refractivity contribution < 1.29 is 9.94 Å². The molecule has 0 fully saturated rings. The van der Waals surface area contributed by atoms with Gasteiger partial charge in [0.15, 0.2) is 0 Å². The normalized spacial score (nSPS) is 10.5. The smallest absolute Gasteiger partial charge is 0.121 e. The van der Waals surface area contributed by atoms with E-state index in [0.29, 0.717) is 12.4 Å². The van der Waals surface area contributed by atoms with E-state index < -0.39 is 0 Å². The Bertz CT molecular complexity index is 326. The summed E-state index contributed by atoms with van der Waals surface area (Å²) < 4.78 is 0.908. The maximum Gasteiger partial charge on any atom is 0.121 e. The summed E-state index contributed by atoms with van der Waals surface area (Å²) in [5.41, 5.74) is 2.52. The highest BCUT2D eigenvalue weighted by Crippen LogP contribution is 2.31. The molecule has 1 aromatic rings. The van der Waals surface area contributed by atoms with Gasteiger partial charge in [0.05, 0.1) is 6.61 Å². The van der Waals surface area contributed by atoms with Crippen LogP contribution in [0.3, 0.4) is 0 Å². The zero-order chi connectivity index (χ0) is 10.0. The largest absolute Gasteiger partial charge is 0.507 e. The van der Waals surface area contributed by atoms with E-state index in [9.17, 15) is 5.11 Å². The van der Waals surface area contributed by atoms with Gasteiger partial charge in [0.25, 0.3) is 0 Å². The van der Waals surface area contributed by atoms with E-state index >= 15 is 0 Å². The molecular weight excluding hydrogens is 234 g/mol. The predicted octanol–water partition coefficient (Wildman–Crippen LogP) is 2.16. The molecule has 3 nitrogen and oxygen atoms in total. The van der Waals surface area contributed by atoms with Gasteiger partial charge in [-0.3, -0.25) is 4.84 Å². The number of benzene rings is 1. The number of rotatable bonds is 2. The van der Waals surface area contributed by atoms with Crippen LogP contribution in [0.1, 0.15) is 16.7 Å². The minimum atomic E-state index is 0.292. The number of hydrogen-bond donors (Lipinski definition) is 2. The molecule has 0 aliphatic heterocycles. The van der Waals surface area contributed by atoms with Gasteiger partial charge in [-0.2, -0.15) is 0 Å². The third-order valence-electron chi connectivity index (χ3n) is 2.04. The molecular formula is C9H12BrNO2. The molecule has 0 aliphatic rings. The van der Waals surface area contributed by atoms with E-state index in [1.165, 1.54) is 0 Å². The summed E-state index contributed by atoms with van der Waals surface area (Å²) in [7, 11) is 0. The number of halogens is 1. The molecule has 1 aromatic carbocycles. The maximum absolute atomic E-state index is 9.62. The van der Waals surface area contributed by atoms with Crippen molar-refractivity contribution in [3.63, 3.8) is 0 Å². The number of phenolic OH excluding ortho intramolecular Hbond substituents is 1. The molecule has 0 aromatic heterocycles. The van der Waals surface area contributed by atoms with E-state index in [2.05, 4.69) is 20.8 Å². The van der Waals surface area contributed by atoms with Crippen LogP contribution in [0.5, 0.6) is 5.75 Å². The number of nitrogens with two attached hydrogens (primary N) is 1. The average molecular weight is 246 g/mol. The lowest BCUT2D eigenvalue weighted by molar-refractivity contribution is 0.123. The fraction of sp³-hybridized carbons (Fsp3) is 0.333. The lowest BCUT2D eigenvalue weighted by Gasteiger charge is -2.11. The molecule has 4 heteroatoms. The molecule has 0 radical (unpaired) electrons. The van der Waals surface area contributed by atoms with Gasteiger partial charge in [0.1, 0.15) is 5.75 Å². The van der Waals surface area contributed by atoms with Crippen molar-refractivity contribution in [2.24, 2.45) is 5.90 Å². The number of hydrogen-bond acceptors (Lipinski definition) is 3. The highest BCUT2D eigenvalue weighted by Gasteiger charge is 2.10. The molecule has 0 saturated heterocycles. The van der Waals surface area contributed by atoms with Crippen LogP contribution in [0.4, 0.5) is 0 Å². The molecule has 3 N–H and O–H groups in total. The second-order valence-electron chi connectivity index (χ2n) is 2.94. The second kappa shape index (κ2) is 4.09. The van der Waals surface area contributed by atoms with Gasteiger partial charge in [-0.05, 0) is 31.0 Å². The molecule has 72 valence electrons. The Morgan fingerprint density at radius 1 is 1.54 bits per heavy atom. The van der Waals surface area contributed by atoms with Gasteiger partial charge in [-0.25, -0.2) is 5.90 Å². The topological polar surface area (TPSA) is 55.5 Å². The van der Waals surface area contributed by atoms with Crippen molar-refractivity contribution >= 4 is 15.9 Å². The highest BCUT2D eigenvalue weighted by molar-refractivity contribution is 9.10. The first-order valence-electron chi connectivity index (χ1n) is 3.87. The fourth-order valence-electron chi connectivity index (χ4n) is 1.22. The van der Waals surface area contributed by atoms with Crippen LogP contribution in [-0.4, -0.2) is 5.11 Å². The van der Waals surface area contributed by atoms with Crippen molar-refractivity contribution in [2.45, 2.75) is 20.5 Å². The summed E-state index contributed by atoms with van der Waals surface area (Å²) >= 11 is 3.39. The fourth-order valence-corrected chi connectivity index (χ4v) is 1.98. The van der Waals surface area contributed by atoms with E-state index in [1.807, 2.05) is 19.9 Å². The molecule has 0 spiro atoms. The van der Waals surface area contributed by atoms with Crippen LogP contribution >= 0.6 is 15.9 Å². The monoisotopic (exact) mass is 245 g/mol. The molecule has 0 saturated carbocycles. The first-order valence-corrected chi connectivity index (χ1v) is 4.66. The van der Waals surface area contributed by atoms with Crippen molar-refractivity contribution in [3.05, 3.63) is 27.2 Å². The Labute approximate surface area is 85.6 Å². The van der Waals surface area contributed by atoms with Crippen molar-refractivity contribution in [1.82, 2.24) is 0 Å². The number of aryl methyl sites for hydroxylation is 1. The van der Waals surface area contributed by atoms with Crippen LogP contribution in [0.2, 0.25) is 0 Å². The van der Waals surface area contributed by atoms with E-state index in [-0.39, 0.29) is 0 Å². The maximum atomic E-state index is 9.62. The van der Waals surface area contributed by atoms with E-state index in [1.54, 1.807) is 0 Å². The standard InChI is InChI=1S/C9H12BrNO2/c1-5-3-8(10)7(4-13-11)6(2)9(5)12/h3,12H,4,11H2,1-2H3. The van der Waals surface area contributed by atoms with Gasteiger partial charge in [0, 0.05) is 10.0 Å². The van der Waals surface area contributed by atoms with Crippen molar-refractivity contribution in [2.75, 3.05) is 0 Å². The lowest BCUT2D eigenvalue weighted by Crippen LogP contribution is -2.02. The summed E-state index contributed by atoms with van der Waals surface area (Å²) in [6, 6.07) is 1.84. The van der Waals surface area contributed by atoms with E-state index in [4.69, 9.17) is 5.90 Å². The summed E-state index contributed by atoms with van der Waals surface area (Å²) in [4.78, 5) is 4.54. The summed E-state index contributed by atoms with van der Waals surface area (Å²) in [6.45, 7) is 3.97.